The number of methoxy groups -OCH3 is 1. The number of rotatable bonds is 3. The van der Waals surface area contributed by atoms with Crippen LogP contribution in [0.5, 0.6) is 5.75 Å². The van der Waals surface area contributed by atoms with Crippen LogP contribution in [0, 0.1) is 0 Å². The predicted molar refractivity (Wildman–Crippen MR) is 80.0 cm³/mol. The molecule has 1 aliphatic rings. The Kier molecular flexibility index (Phi) is 3.74. The van der Waals surface area contributed by atoms with E-state index in [4.69, 9.17) is 4.74 Å². The molecule has 106 valence electrons. The summed E-state index contributed by atoms with van der Waals surface area (Å²) in [6, 6.07) is 8.63. The van der Waals surface area contributed by atoms with Gasteiger partial charge in [-0.2, -0.15) is 0 Å². The Balaban J connectivity index is 1.92. The van der Waals surface area contributed by atoms with Crippen molar-refractivity contribution in [3.63, 3.8) is 0 Å². The Hall–Kier alpha value is -1.81. The van der Waals surface area contributed by atoms with Gasteiger partial charge < -0.3 is 14.2 Å². The lowest BCUT2D eigenvalue weighted by Crippen LogP contribution is -2.33. The van der Waals surface area contributed by atoms with Gasteiger partial charge in [0, 0.05) is 30.5 Å². The van der Waals surface area contributed by atoms with Crippen LogP contribution >= 0.6 is 0 Å². The van der Waals surface area contributed by atoms with E-state index in [0.29, 0.717) is 6.04 Å². The molecular formula is C16H21N3O. The molecule has 1 unspecified atom stereocenters. The van der Waals surface area contributed by atoms with Crippen molar-refractivity contribution in [1.82, 2.24) is 14.5 Å². The largest absolute Gasteiger partial charge is 0.497 e. The number of likely N-dealkylation sites (N-methyl/N-ethyl adjacent to an activating group) is 1. The molecule has 1 aromatic heterocycles. The molecule has 1 atom stereocenters. The number of benzene rings is 1. The molecule has 4 heteroatoms. The summed E-state index contributed by atoms with van der Waals surface area (Å²) in [6.07, 6.45) is 6.45. The van der Waals surface area contributed by atoms with Crippen LogP contribution in [0.25, 0.3) is 11.4 Å². The van der Waals surface area contributed by atoms with E-state index < -0.39 is 0 Å². The zero-order chi connectivity index (χ0) is 13.9. The molecule has 1 fully saturated rings. The predicted octanol–water partition coefficient (Wildman–Crippen LogP) is 2.83. The monoisotopic (exact) mass is 271 g/mol. The van der Waals surface area contributed by atoms with Gasteiger partial charge in [-0.3, -0.25) is 0 Å². The number of hydrogen-bond acceptors (Lipinski definition) is 3. The van der Waals surface area contributed by atoms with Gasteiger partial charge in [-0.25, -0.2) is 4.98 Å². The molecule has 2 aromatic rings. The van der Waals surface area contributed by atoms with E-state index in [-0.39, 0.29) is 0 Å². The van der Waals surface area contributed by atoms with Crippen LogP contribution in [0.3, 0.4) is 0 Å². The first-order valence-corrected chi connectivity index (χ1v) is 7.14. The minimum atomic E-state index is 0.512. The lowest BCUT2D eigenvalue weighted by atomic mass is 10.1. The van der Waals surface area contributed by atoms with Crippen molar-refractivity contribution < 1.29 is 4.74 Å². The highest BCUT2D eigenvalue weighted by molar-refractivity contribution is 5.58. The fourth-order valence-corrected chi connectivity index (χ4v) is 2.96. The lowest BCUT2D eigenvalue weighted by molar-refractivity contribution is 0.213. The summed E-state index contributed by atoms with van der Waals surface area (Å²) in [4.78, 5) is 6.94. The zero-order valence-corrected chi connectivity index (χ0v) is 12.1. The Morgan fingerprint density at radius 1 is 1.35 bits per heavy atom. The van der Waals surface area contributed by atoms with Crippen molar-refractivity contribution in [2.75, 3.05) is 27.2 Å². The summed E-state index contributed by atoms with van der Waals surface area (Å²) in [6.45, 7) is 2.28. The molecule has 4 nitrogen and oxygen atoms in total. The second-order valence-corrected chi connectivity index (χ2v) is 5.45. The molecule has 1 aliphatic heterocycles. The topological polar surface area (TPSA) is 30.3 Å². The van der Waals surface area contributed by atoms with E-state index in [0.717, 1.165) is 23.7 Å². The van der Waals surface area contributed by atoms with E-state index in [1.807, 2.05) is 24.4 Å². The lowest BCUT2D eigenvalue weighted by Gasteiger charge is -2.31. The Morgan fingerprint density at radius 2 is 2.25 bits per heavy atom. The summed E-state index contributed by atoms with van der Waals surface area (Å²) < 4.78 is 7.62. The average molecular weight is 271 g/mol. The molecule has 2 heterocycles. The second kappa shape index (κ2) is 5.67. The molecule has 0 bridgehead atoms. The first-order chi connectivity index (χ1) is 9.78. The van der Waals surface area contributed by atoms with Crippen molar-refractivity contribution >= 4 is 0 Å². The van der Waals surface area contributed by atoms with Gasteiger partial charge in [-0.15, -0.1) is 0 Å². The third kappa shape index (κ3) is 2.56. The van der Waals surface area contributed by atoms with Crippen LogP contribution in [0.15, 0.2) is 36.7 Å². The molecule has 0 amide bonds. The molecule has 0 saturated carbocycles. The van der Waals surface area contributed by atoms with E-state index in [1.165, 1.54) is 19.4 Å². The maximum absolute atomic E-state index is 5.31. The molecule has 0 radical (unpaired) electrons. The second-order valence-electron chi connectivity index (χ2n) is 5.45. The molecule has 0 spiro atoms. The summed E-state index contributed by atoms with van der Waals surface area (Å²) in [5.41, 5.74) is 1.11. The van der Waals surface area contributed by atoms with E-state index in [9.17, 15) is 0 Å². The summed E-state index contributed by atoms with van der Waals surface area (Å²) in [5, 5.41) is 0. The smallest absolute Gasteiger partial charge is 0.140 e. The SMILES string of the molecule is COc1cccc(-c2nccn2C2CCCN(C)C2)c1. The summed E-state index contributed by atoms with van der Waals surface area (Å²) in [5.74, 6) is 1.90. The average Bonchev–Trinajstić information content (AvgIpc) is 2.97. The van der Waals surface area contributed by atoms with E-state index in [1.54, 1.807) is 7.11 Å². The normalized spacial score (nSPS) is 20.0. The number of piperidine rings is 1. The molecule has 20 heavy (non-hydrogen) atoms. The van der Waals surface area contributed by atoms with Crippen LogP contribution < -0.4 is 4.74 Å². The van der Waals surface area contributed by atoms with E-state index >= 15 is 0 Å². The number of nitrogens with zero attached hydrogens (tertiary/aromatic N) is 3. The highest BCUT2D eigenvalue weighted by atomic mass is 16.5. The van der Waals surface area contributed by atoms with Crippen LogP contribution in [-0.4, -0.2) is 41.7 Å². The third-order valence-corrected chi connectivity index (χ3v) is 3.99. The van der Waals surface area contributed by atoms with Crippen molar-refractivity contribution in [3.05, 3.63) is 36.7 Å². The van der Waals surface area contributed by atoms with E-state index in [2.05, 4.69) is 33.8 Å². The van der Waals surface area contributed by atoms with Gasteiger partial charge in [0.2, 0.25) is 0 Å². The Bertz CT molecular complexity index is 579. The number of likely N-dealkylation sites (tertiary alicyclic amines) is 1. The minimum absolute atomic E-state index is 0.512. The maximum Gasteiger partial charge on any atom is 0.140 e. The van der Waals surface area contributed by atoms with Gasteiger partial charge in [0.15, 0.2) is 0 Å². The maximum atomic E-state index is 5.31. The fraction of sp³-hybridized carbons (Fsp3) is 0.438. The highest BCUT2D eigenvalue weighted by Gasteiger charge is 2.21. The number of hydrogen-bond donors (Lipinski definition) is 0. The van der Waals surface area contributed by atoms with Gasteiger partial charge in [-0.1, -0.05) is 12.1 Å². The van der Waals surface area contributed by atoms with Crippen molar-refractivity contribution in [3.8, 4) is 17.1 Å². The first-order valence-electron chi connectivity index (χ1n) is 7.14. The fourth-order valence-electron chi connectivity index (χ4n) is 2.96. The molecule has 1 aromatic carbocycles. The molecule has 1 saturated heterocycles. The Morgan fingerprint density at radius 3 is 3.05 bits per heavy atom. The molecule has 3 rings (SSSR count). The minimum Gasteiger partial charge on any atom is -0.497 e. The van der Waals surface area contributed by atoms with Gasteiger partial charge >= 0.3 is 0 Å². The third-order valence-electron chi connectivity index (χ3n) is 3.99. The van der Waals surface area contributed by atoms with Gasteiger partial charge in [-0.05, 0) is 38.6 Å². The number of imidazole rings is 1. The summed E-state index contributed by atoms with van der Waals surface area (Å²) >= 11 is 0. The van der Waals surface area contributed by atoms with Crippen LogP contribution in [0.2, 0.25) is 0 Å². The van der Waals surface area contributed by atoms with Gasteiger partial charge in [0.1, 0.15) is 11.6 Å². The number of ether oxygens (including phenoxy) is 1. The zero-order valence-electron chi connectivity index (χ0n) is 12.1. The quantitative estimate of drug-likeness (QED) is 0.860. The van der Waals surface area contributed by atoms with Gasteiger partial charge in [0.25, 0.3) is 0 Å². The van der Waals surface area contributed by atoms with Crippen LogP contribution in [-0.2, 0) is 0 Å². The van der Waals surface area contributed by atoms with Crippen molar-refractivity contribution in [1.29, 1.82) is 0 Å². The standard InChI is InChI=1S/C16H21N3O/c1-18-9-4-6-14(12-18)19-10-8-17-16(19)13-5-3-7-15(11-13)20-2/h3,5,7-8,10-11,14H,4,6,9,12H2,1-2H3. The van der Waals surface area contributed by atoms with Crippen molar-refractivity contribution in [2.24, 2.45) is 0 Å². The van der Waals surface area contributed by atoms with Crippen LogP contribution in [0.1, 0.15) is 18.9 Å². The Labute approximate surface area is 120 Å². The summed E-state index contributed by atoms with van der Waals surface area (Å²) in [7, 11) is 3.88. The highest BCUT2D eigenvalue weighted by Crippen LogP contribution is 2.28. The van der Waals surface area contributed by atoms with Gasteiger partial charge in [0.05, 0.1) is 7.11 Å². The van der Waals surface area contributed by atoms with Crippen LogP contribution in [0.4, 0.5) is 0 Å². The molecule has 0 N–H and O–H groups in total. The molecule has 0 aliphatic carbocycles. The number of aromatic nitrogens is 2. The van der Waals surface area contributed by atoms with Crippen molar-refractivity contribution in [2.45, 2.75) is 18.9 Å². The first kappa shape index (κ1) is 13.2. The molecular weight excluding hydrogens is 250 g/mol.